The molecule has 0 bridgehead atoms. The average molecular weight is 196 g/mol. The predicted molar refractivity (Wildman–Crippen MR) is 50.4 cm³/mol. The van der Waals surface area contributed by atoms with Crippen LogP contribution in [-0.2, 0) is 14.3 Å². The number of hydrogen-bond donors (Lipinski definition) is 1. The Morgan fingerprint density at radius 1 is 1.36 bits per heavy atom. The lowest BCUT2D eigenvalue weighted by molar-refractivity contribution is -0.138. The van der Waals surface area contributed by atoms with Gasteiger partial charge in [-0.05, 0) is 0 Å². The Hall–Kier alpha value is -1.76. The fourth-order valence-corrected chi connectivity index (χ4v) is 0.603. The summed E-state index contributed by atoms with van der Waals surface area (Å²) in [5.41, 5.74) is 0. The van der Waals surface area contributed by atoms with Gasteiger partial charge in [0, 0.05) is 25.0 Å². The van der Waals surface area contributed by atoms with Crippen molar-refractivity contribution >= 4 is 11.9 Å². The Balaban J connectivity index is 3.59. The third-order valence-electron chi connectivity index (χ3n) is 1.14. The van der Waals surface area contributed by atoms with Gasteiger partial charge >= 0.3 is 11.9 Å². The van der Waals surface area contributed by atoms with E-state index >= 15 is 0 Å². The van der Waals surface area contributed by atoms with E-state index in [0.29, 0.717) is 6.42 Å². The first-order valence-electron chi connectivity index (χ1n) is 4.20. The highest BCUT2D eigenvalue weighted by atomic mass is 16.5. The van der Waals surface area contributed by atoms with Gasteiger partial charge in [-0.1, -0.05) is 12.8 Å². The topological polar surface area (TPSA) is 63.6 Å². The van der Waals surface area contributed by atoms with Gasteiger partial charge in [0.2, 0.25) is 0 Å². The second-order valence-electron chi connectivity index (χ2n) is 2.30. The van der Waals surface area contributed by atoms with Crippen molar-refractivity contribution in [3.05, 3.63) is 12.2 Å². The Kier molecular flexibility index (Phi) is 6.88. The quantitative estimate of drug-likeness (QED) is 0.315. The molecular formula is C10H12O4. The standard InChI is InChI=1S/C10H12O4/c1-2-3-4-5-8-14-10(13)7-6-9(11)12/h6-7H,2,5,8H2,1H3,(H,11,12)/b7-6-. The van der Waals surface area contributed by atoms with Gasteiger partial charge in [-0.15, -0.1) is 5.92 Å². The highest BCUT2D eigenvalue weighted by Crippen LogP contribution is 1.85. The minimum Gasteiger partial charge on any atom is -0.478 e. The second-order valence-corrected chi connectivity index (χ2v) is 2.30. The number of carboxylic acids is 1. The molecule has 0 atom stereocenters. The zero-order chi connectivity index (χ0) is 10.8. The molecular weight excluding hydrogens is 184 g/mol. The van der Waals surface area contributed by atoms with Crippen molar-refractivity contribution in [2.45, 2.75) is 19.8 Å². The summed E-state index contributed by atoms with van der Waals surface area (Å²) in [4.78, 5) is 20.8. The van der Waals surface area contributed by atoms with Crippen LogP contribution in [0.1, 0.15) is 19.8 Å². The van der Waals surface area contributed by atoms with Crippen molar-refractivity contribution in [2.24, 2.45) is 0 Å². The highest BCUT2D eigenvalue weighted by molar-refractivity contribution is 5.90. The van der Waals surface area contributed by atoms with E-state index in [1.807, 2.05) is 6.92 Å². The molecule has 0 saturated heterocycles. The van der Waals surface area contributed by atoms with Crippen molar-refractivity contribution in [1.29, 1.82) is 0 Å². The Bertz CT molecular complexity index is 280. The predicted octanol–water partition coefficient (Wildman–Crippen LogP) is 0.974. The summed E-state index contributed by atoms with van der Waals surface area (Å²) in [6.45, 7) is 2.12. The number of carboxylic acid groups (broad SMARTS) is 1. The minimum absolute atomic E-state index is 0.190. The largest absolute Gasteiger partial charge is 0.478 e. The van der Waals surface area contributed by atoms with Gasteiger partial charge in [0.1, 0.15) is 6.61 Å². The molecule has 0 radical (unpaired) electrons. The normalized spacial score (nSPS) is 9.21. The Morgan fingerprint density at radius 2 is 2.07 bits per heavy atom. The van der Waals surface area contributed by atoms with Crippen molar-refractivity contribution in [1.82, 2.24) is 0 Å². The molecule has 0 saturated carbocycles. The first kappa shape index (κ1) is 12.2. The lowest BCUT2D eigenvalue weighted by Crippen LogP contribution is -2.02. The van der Waals surface area contributed by atoms with E-state index in [1.165, 1.54) is 0 Å². The SMILES string of the molecule is CCC#CCCOC(=O)/C=C\C(=O)O. The van der Waals surface area contributed by atoms with Gasteiger partial charge in [0.15, 0.2) is 0 Å². The Labute approximate surface area is 82.6 Å². The van der Waals surface area contributed by atoms with Crippen LogP contribution in [0.15, 0.2) is 12.2 Å². The molecule has 0 aromatic carbocycles. The summed E-state index contributed by atoms with van der Waals surface area (Å²) in [6, 6.07) is 0. The molecule has 0 aliphatic carbocycles. The summed E-state index contributed by atoms with van der Waals surface area (Å²) >= 11 is 0. The van der Waals surface area contributed by atoms with E-state index in [9.17, 15) is 9.59 Å². The van der Waals surface area contributed by atoms with Crippen molar-refractivity contribution < 1.29 is 19.4 Å². The fourth-order valence-electron chi connectivity index (χ4n) is 0.603. The summed E-state index contributed by atoms with van der Waals surface area (Å²) < 4.78 is 4.65. The molecule has 0 aliphatic rings. The molecule has 0 rings (SSSR count). The first-order valence-corrected chi connectivity index (χ1v) is 4.20. The molecule has 4 nitrogen and oxygen atoms in total. The van der Waals surface area contributed by atoms with Crippen LogP contribution in [-0.4, -0.2) is 23.7 Å². The minimum atomic E-state index is -1.17. The van der Waals surface area contributed by atoms with Gasteiger partial charge in [0.05, 0.1) is 0 Å². The van der Waals surface area contributed by atoms with Crippen molar-refractivity contribution in [3.63, 3.8) is 0 Å². The van der Waals surface area contributed by atoms with Crippen LogP contribution in [0.3, 0.4) is 0 Å². The molecule has 0 aliphatic heterocycles. The third-order valence-corrected chi connectivity index (χ3v) is 1.14. The molecule has 1 N–H and O–H groups in total. The third kappa shape index (κ3) is 8.34. The smallest absolute Gasteiger partial charge is 0.331 e. The number of hydrogen-bond acceptors (Lipinski definition) is 3. The van der Waals surface area contributed by atoms with Gasteiger partial charge in [-0.25, -0.2) is 9.59 Å². The summed E-state index contributed by atoms with van der Waals surface area (Å²) in [6.07, 6.45) is 2.85. The summed E-state index contributed by atoms with van der Waals surface area (Å²) in [5.74, 6) is 3.77. The average Bonchev–Trinajstić information content (AvgIpc) is 2.14. The van der Waals surface area contributed by atoms with Gasteiger partial charge in [-0.2, -0.15) is 0 Å². The van der Waals surface area contributed by atoms with Gasteiger partial charge in [0.25, 0.3) is 0 Å². The molecule has 0 aromatic heterocycles. The van der Waals surface area contributed by atoms with Crippen LogP contribution >= 0.6 is 0 Å². The van der Waals surface area contributed by atoms with Crippen LogP contribution in [0, 0.1) is 11.8 Å². The lowest BCUT2D eigenvalue weighted by atomic mass is 10.4. The van der Waals surface area contributed by atoms with E-state index in [0.717, 1.165) is 18.6 Å². The number of ether oxygens (including phenoxy) is 1. The number of aliphatic carboxylic acids is 1. The Morgan fingerprint density at radius 3 is 2.64 bits per heavy atom. The molecule has 0 unspecified atom stereocenters. The second kappa shape index (κ2) is 7.87. The van der Waals surface area contributed by atoms with Crippen LogP contribution in [0.4, 0.5) is 0 Å². The van der Waals surface area contributed by atoms with Crippen LogP contribution in [0.2, 0.25) is 0 Å². The van der Waals surface area contributed by atoms with Crippen LogP contribution in [0.5, 0.6) is 0 Å². The van der Waals surface area contributed by atoms with Crippen molar-refractivity contribution in [2.75, 3.05) is 6.61 Å². The van der Waals surface area contributed by atoms with Crippen molar-refractivity contribution in [3.8, 4) is 11.8 Å². The monoisotopic (exact) mass is 196 g/mol. The summed E-state index contributed by atoms with van der Waals surface area (Å²) in [5, 5.41) is 8.19. The maximum atomic E-state index is 10.8. The van der Waals surface area contributed by atoms with E-state index in [1.54, 1.807) is 0 Å². The summed E-state index contributed by atoms with van der Waals surface area (Å²) in [7, 11) is 0. The van der Waals surface area contributed by atoms with Crippen LogP contribution in [0.25, 0.3) is 0 Å². The maximum Gasteiger partial charge on any atom is 0.331 e. The zero-order valence-electron chi connectivity index (χ0n) is 7.95. The maximum absolute atomic E-state index is 10.8. The van der Waals surface area contributed by atoms with E-state index in [4.69, 9.17) is 5.11 Å². The molecule has 0 fully saturated rings. The highest BCUT2D eigenvalue weighted by Gasteiger charge is 1.96. The molecule has 0 spiro atoms. The molecule has 0 amide bonds. The molecule has 14 heavy (non-hydrogen) atoms. The van der Waals surface area contributed by atoms with Gasteiger partial charge in [-0.3, -0.25) is 0 Å². The number of carbonyl (C=O) groups excluding carboxylic acids is 1. The number of carbonyl (C=O) groups is 2. The van der Waals surface area contributed by atoms with E-state index < -0.39 is 11.9 Å². The zero-order valence-corrected chi connectivity index (χ0v) is 7.95. The lowest BCUT2D eigenvalue weighted by Gasteiger charge is -1.95. The van der Waals surface area contributed by atoms with Gasteiger partial charge < -0.3 is 9.84 Å². The van der Waals surface area contributed by atoms with E-state index in [2.05, 4.69) is 16.6 Å². The van der Waals surface area contributed by atoms with Crippen LogP contribution < -0.4 is 0 Å². The fraction of sp³-hybridized carbons (Fsp3) is 0.400. The number of esters is 1. The molecule has 76 valence electrons. The van der Waals surface area contributed by atoms with E-state index in [-0.39, 0.29) is 6.61 Å². The number of rotatable bonds is 4. The molecule has 0 aromatic rings. The molecule has 0 heterocycles. The molecule has 4 heteroatoms. The first-order chi connectivity index (χ1) is 6.66.